The molecule has 92 valence electrons. The molecular formula is C11H15N3O2S. The third kappa shape index (κ3) is 3.33. The number of nitrogen functional groups attached to an aromatic ring is 1. The molecule has 0 saturated heterocycles. The van der Waals surface area contributed by atoms with Crippen molar-refractivity contribution in [3.05, 3.63) is 22.2 Å². The lowest BCUT2D eigenvalue weighted by Crippen LogP contribution is -2.08. The van der Waals surface area contributed by atoms with E-state index in [-0.39, 0.29) is 11.5 Å². The Bertz CT molecular complexity index is 419. The molecule has 1 saturated carbocycles. The van der Waals surface area contributed by atoms with Gasteiger partial charge in [0.05, 0.1) is 11.0 Å². The van der Waals surface area contributed by atoms with Gasteiger partial charge < -0.3 is 5.73 Å². The van der Waals surface area contributed by atoms with Crippen LogP contribution in [0.25, 0.3) is 0 Å². The van der Waals surface area contributed by atoms with Crippen molar-refractivity contribution in [2.75, 3.05) is 5.73 Å². The number of pyridine rings is 1. The quantitative estimate of drug-likeness (QED) is 0.661. The second-order valence-corrected chi connectivity index (χ2v) is 5.54. The zero-order valence-electron chi connectivity index (χ0n) is 9.46. The van der Waals surface area contributed by atoms with Gasteiger partial charge in [0, 0.05) is 11.3 Å². The Labute approximate surface area is 104 Å². The number of aromatic nitrogens is 1. The maximum Gasteiger partial charge on any atom is 0.275 e. The van der Waals surface area contributed by atoms with Gasteiger partial charge in [-0.15, -0.1) is 11.8 Å². The molecular weight excluding hydrogens is 238 g/mol. The average Bonchev–Trinajstić information content (AvgIpc) is 2.29. The molecule has 17 heavy (non-hydrogen) atoms. The highest BCUT2D eigenvalue weighted by Gasteiger charge is 2.17. The van der Waals surface area contributed by atoms with Crippen molar-refractivity contribution in [1.82, 2.24) is 4.98 Å². The van der Waals surface area contributed by atoms with E-state index in [0.29, 0.717) is 10.3 Å². The molecule has 6 heteroatoms. The summed E-state index contributed by atoms with van der Waals surface area (Å²) in [5.74, 6) is 0.220. The molecule has 0 radical (unpaired) electrons. The zero-order valence-corrected chi connectivity index (χ0v) is 10.3. The van der Waals surface area contributed by atoms with E-state index in [4.69, 9.17) is 5.73 Å². The van der Waals surface area contributed by atoms with Crippen LogP contribution in [0.1, 0.15) is 32.1 Å². The molecule has 2 rings (SSSR count). The Hall–Kier alpha value is -1.30. The largest absolute Gasteiger partial charge is 0.383 e. The van der Waals surface area contributed by atoms with Crippen LogP contribution in [0.15, 0.2) is 17.2 Å². The van der Waals surface area contributed by atoms with E-state index in [1.165, 1.54) is 31.4 Å². The third-order valence-electron chi connectivity index (χ3n) is 2.86. The first-order valence-electron chi connectivity index (χ1n) is 5.74. The molecule has 1 aromatic rings. The monoisotopic (exact) mass is 253 g/mol. The molecule has 5 nitrogen and oxygen atoms in total. The number of hydrogen-bond donors (Lipinski definition) is 1. The molecule has 0 spiro atoms. The standard InChI is InChI=1S/C11H15N3O2S/c12-10-6-8(14(15)16)7-11(13-10)17-9-4-2-1-3-5-9/h6-7,9H,1-5H2,(H2,12,13). The molecule has 0 aliphatic heterocycles. The van der Waals surface area contributed by atoms with E-state index in [0.717, 1.165) is 12.8 Å². The Kier molecular flexibility index (Phi) is 3.83. The molecule has 0 unspecified atom stereocenters. The van der Waals surface area contributed by atoms with Crippen molar-refractivity contribution in [3.8, 4) is 0 Å². The van der Waals surface area contributed by atoms with Crippen molar-refractivity contribution in [3.63, 3.8) is 0 Å². The van der Waals surface area contributed by atoms with Crippen LogP contribution >= 0.6 is 11.8 Å². The van der Waals surface area contributed by atoms with Crippen molar-refractivity contribution < 1.29 is 4.92 Å². The minimum atomic E-state index is -0.428. The zero-order chi connectivity index (χ0) is 12.3. The van der Waals surface area contributed by atoms with E-state index in [1.807, 2.05) is 0 Å². The van der Waals surface area contributed by atoms with Gasteiger partial charge in [-0.2, -0.15) is 0 Å². The van der Waals surface area contributed by atoms with Crippen molar-refractivity contribution in [1.29, 1.82) is 0 Å². The Morgan fingerprint density at radius 2 is 2.06 bits per heavy atom. The van der Waals surface area contributed by atoms with Gasteiger partial charge in [-0.1, -0.05) is 19.3 Å². The maximum atomic E-state index is 10.7. The van der Waals surface area contributed by atoms with Gasteiger partial charge in [0.15, 0.2) is 0 Å². The summed E-state index contributed by atoms with van der Waals surface area (Å²) in [7, 11) is 0. The fourth-order valence-corrected chi connectivity index (χ4v) is 3.29. The number of hydrogen-bond acceptors (Lipinski definition) is 5. The minimum Gasteiger partial charge on any atom is -0.383 e. The summed E-state index contributed by atoms with van der Waals surface area (Å²) in [6, 6.07) is 2.81. The Morgan fingerprint density at radius 1 is 1.35 bits per heavy atom. The highest BCUT2D eigenvalue weighted by atomic mass is 32.2. The summed E-state index contributed by atoms with van der Waals surface area (Å²) in [4.78, 5) is 14.4. The summed E-state index contributed by atoms with van der Waals surface area (Å²) < 4.78 is 0. The smallest absolute Gasteiger partial charge is 0.275 e. The predicted octanol–water partition coefficient (Wildman–Crippen LogP) is 3.00. The number of nitrogens with two attached hydrogens (primary N) is 1. The molecule has 1 aromatic heterocycles. The molecule has 0 aromatic carbocycles. The van der Waals surface area contributed by atoms with E-state index in [1.54, 1.807) is 11.8 Å². The van der Waals surface area contributed by atoms with Crippen molar-refractivity contribution in [2.45, 2.75) is 42.4 Å². The summed E-state index contributed by atoms with van der Waals surface area (Å²) in [6.07, 6.45) is 6.09. The van der Waals surface area contributed by atoms with Crippen LogP contribution in [-0.4, -0.2) is 15.2 Å². The second kappa shape index (κ2) is 5.35. The first-order valence-corrected chi connectivity index (χ1v) is 6.62. The second-order valence-electron chi connectivity index (χ2n) is 4.22. The molecule has 2 N–H and O–H groups in total. The molecule has 1 aliphatic carbocycles. The first-order chi connectivity index (χ1) is 8.15. The van der Waals surface area contributed by atoms with Gasteiger partial charge in [-0.25, -0.2) is 4.98 Å². The van der Waals surface area contributed by atoms with Gasteiger partial charge in [0.25, 0.3) is 5.69 Å². The molecule has 1 heterocycles. The lowest BCUT2D eigenvalue weighted by Gasteiger charge is -2.20. The molecule has 1 fully saturated rings. The van der Waals surface area contributed by atoms with Crippen molar-refractivity contribution >= 4 is 23.3 Å². The van der Waals surface area contributed by atoms with Gasteiger partial charge in [0.2, 0.25) is 0 Å². The van der Waals surface area contributed by atoms with E-state index < -0.39 is 4.92 Å². The van der Waals surface area contributed by atoms with Crippen LogP contribution in [0.5, 0.6) is 0 Å². The summed E-state index contributed by atoms with van der Waals surface area (Å²) in [5, 5.41) is 11.9. The van der Waals surface area contributed by atoms with Gasteiger partial charge in [-0.05, 0) is 12.8 Å². The van der Waals surface area contributed by atoms with E-state index in [2.05, 4.69) is 4.98 Å². The van der Waals surface area contributed by atoms with Gasteiger partial charge >= 0.3 is 0 Å². The highest BCUT2D eigenvalue weighted by molar-refractivity contribution is 7.99. The fourth-order valence-electron chi connectivity index (χ4n) is 2.03. The number of thioether (sulfide) groups is 1. The number of nitrogens with zero attached hydrogens (tertiary/aromatic N) is 2. The Morgan fingerprint density at radius 3 is 2.71 bits per heavy atom. The predicted molar refractivity (Wildman–Crippen MR) is 68.0 cm³/mol. The van der Waals surface area contributed by atoms with Gasteiger partial charge in [-0.3, -0.25) is 10.1 Å². The Balaban J connectivity index is 2.11. The molecule has 0 atom stereocenters. The number of rotatable bonds is 3. The fraction of sp³-hybridized carbons (Fsp3) is 0.545. The van der Waals surface area contributed by atoms with E-state index >= 15 is 0 Å². The van der Waals surface area contributed by atoms with Crippen LogP contribution in [0, 0.1) is 10.1 Å². The first kappa shape index (κ1) is 12.2. The highest BCUT2D eigenvalue weighted by Crippen LogP contribution is 2.34. The minimum absolute atomic E-state index is 0.0239. The molecule has 0 amide bonds. The normalized spacial score (nSPS) is 16.9. The summed E-state index contributed by atoms with van der Waals surface area (Å²) in [5.41, 5.74) is 5.60. The SMILES string of the molecule is Nc1cc([N+](=O)[O-])cc(SC2CCCCC2)n1. The lowest BCUT2D eigenvalue weighted by molar-refractivity contribution is -0.385. The van der Waals surface area contributed by atoms with Crippen molar-refractivity contribution in [2.24, 2.45) is 0 Å². The summed E-state index contributed by atoms with van der Waals surface area (Å²) in [6.45, 7) is 0. The van der Waals surface area contributed by atoms with Crippen LogP contribution < -0.4 is 5.73 Å². The topological polar surface area (TPSA) is 82.0 Å². The average molecular weight is 253 g/mol. The van der Waals surface area contributed by atoms with Crippen LogP contribution in [0.2, 0.25) is 0 Å². The van der Waals surface area contributed by atoms with Crippen LogP contribution in [0.3, 0.4) is 0 Å². The summed E-state index contributed by atoms with van der Waals surface area (Å²) >= 11 is 1.61. The van der Waals surface area contributed by atoms with E-state index in [9.17, 15) is 10.1 Å². The number of nitro groups is 1. The lowest BCUT2D eigenvalue weighted by atomic mass is 10.0. The van der Waals surface area contributed by atoms with Crippen LogP contribution in [0.4, 0.5) is 11.5 Å². The van der Waals surface area contributed by atoms with Gasteiger partial charge in [0.1, 0.15) is 10.8 Å². The number of anilines is 1. The third-order valence-corrected chi connectivity index (χ3v) is 4.11. The molecule has 1 aliphatic rings. The molecule has 0 bridgehead atoms. The van der Waals surface area contributed by atoms with Crippen LogP contribution in [-0.2, 0) is 0 Å². The maximum absolute atomic E-state index is 10.7.